The largest absolute Gasteiger partial charge is 0.378 e. The lowest BCUT2D eigenvalue weighted by Gasteiger charge is -2.28. The maximum atomic E-state index is 12.5. The maximum absolute atomic E-state index is 12.5. The van der Waals surface area contributed by atoms with Crippen molar-refractivity contribution in [3.05, 3.63) is 62.7 Å². The zero-order valence-electron chi connectivity index (χ0n) is 14.2. The number of nitro benzene ring substituents is 1. The normalized spacial score (nSPS) is 14.2. The number of aryl methyl sites for hydroxylation is 1. The van der Waals surface area contributed by atoms with E-state index in [2.05, 4.69) is 5.32 Å². The summed E-state index contributed by atoms with van der Waals surface area (Å²) < 4.78 is 5.28. The van der Waals surface area contributed by atoms with Crippen molar-refractivity contribution in [1.82, 2.24) is 0 Å². The first-order chi connectivity index (χ1) is 12.5. The molecule has 0 bridgehead atoms. The monoisotopic (exact) mass is 375 g/mol. The van der Waals surface area contributed by atoms with Crippen molar-refractivity contribution < 1.29 is 14.5 Å². The Labute approximate surface area is 155 Å². The SMILES string of the molecule is Cc1ccc(Cl)cc1NC(=O)c1ccc(N2CCOCC2)c([N+](=O)[O-])c1. The average Bonchev–Trinajstić information content (AvgIpc) is 2.65. The number of carbonyl (C=O) groups is 1. The van der Waals surface area contributed by atoms with Gasteiger partial charge in [0.15, 0.2) is 0 Å². The van der Waals surface area contributed by atoms with Gasteiger partial charge in [0.25, 0.3) is 11.6 Å². The number of ether oxygens (including phenoxy) is 1. The van der Waals surface area contributed by atoms with Gasteiger partial charge in [-0.2, -0.15) is 0 Å². The summed E-state index contributed by atoms with van der Waals surface area (Å²) in [5, 5.41) is 14.7. The number of rotatable bonds is 4. The van der Waals surface area contributed by atoms with Crippen LogP contribution in [0.15, 0.2) is 36.4 Å². The van der Waals surface area contributed by atoms with E-state index in [0.29, 0.717) is 42.7 Å². The topological polar surface area (TPSA) is 84.7 Å². The molecule has 1 amide bonds. The van der Waals surface area contributed by atoms with Gasteiger partial charge in [-0.05, 0) is 36.8 Å². The summed E-state index contributed by atoms with van der Waals surface area (Å²) in [6, 6.07) is 9.68. The number of nitro groups is 1. The van der Waals surface area contributed by atoms with Crippen LogP contribution < -0.4 is 10.2 Å². The molecule has 136 valence electrons. The highest BCUT2D eigenvalue weighted by molar-refractivity contribution is 6.31. The fraction of sp³-hybridized carbons (Fsp3) is 0.278. The van der Waals surface area contributed by atoms with E-state index in [1.165, 1.54) is 6.07 Å². The number of hydrogen-bond donors (Lipinski definition) is 1. The van der Waals surface area contributed by atoms with E-state index < -0.39 is 10.8 Å². The number of carbonyl (C=O) groups excluding carboxylic acids is 1. The van der Waals surface area contributed by atoms with Gasteiger partial charge in [0.05, 0.1) is 18.1 Å². The van der Waals surface area contributed by atoms with Crippen molar-refractivity contribution in [2.45, 2.75) is 6.92 Å². The van der Waals surface area contributed by atoms with E-state index in [1.807, 2.05) is 11.8 Å². The molecule has 1 aliphatic rings. The summed E-state index contributed by atoms with van der Waals surface area (Å²) in [4.78, 5) is 25.5. The Bertz CT molecular complexity index is 850. The second-order valence-electron chi connectivity index (χ2n) is 5.97. The molecule has 0 aromatic heterocycles. The lowest BCUT2D eigenvalue weighted by molar-refractivity contribution is -0.384. The van der Waals surface area contributed by atoms with E-state index in [0.717, 1.165) is 5.56 Å². The number of halogens is 1. The molecule has 26 heavy (non-hydrogen) atoms. The van der Waals surface area contributed by atoms with Gasteiger partial charge in [0, 0.05) is 35.4 Å². The second-order valence-corrected chi connectivity index (χ2v) is 6.41. The fourth-order valence-electron chi connectivity index (χ4n) is 2.81. The Balaban J connectivity index is 1.88. The number of nitrogens with zero attached hydrogens (tertiary/aromatic N) is 2. The Morgan fingerprint density at radius 3 is 2.65 bits per heavy atom. The summed E-state index contributed by atoms with van der Waals surface area (Å²) in [7, 11) is 0. The molecular formula is C18H18ClN3O4. The van der Waals surface area contributed by atoms with Crippen molar-refractivity contribution in [3.8, 4) is 0 Å². The van der Waals surface area contributed by atoms with Gasteiger partial charge in [-0.3, -0.25) is 14.9 Å². The molecule has 1 N–H and O–H groups in total. The van der Waals surface area contributed by atoms with Crippen molar-refractivity contribution in [3.63, 3.8) is 0 Å². The number of benzene rings is 2. The molecule has 0 aliphatic carbocycles. The third-order valence-corrected chi connectivity index (χ3v) is 4.47. The van der Waals surface area contributed by atoms with Crippen molar-refractivity contribution in [1.29, 1.82) is 0 Å². The number of hydrogen-bond acceptors (Lipinski definition) is 5. The molecule has 8 heteroatoms. The lowest BCUT2D eigenvalue weighted by Crippen LogP contribution is -2.36. The van der Waals surface area contributed by atoms with E-state index in [9.17, 15) is 14.9 Å². The van der Waals surface area contributed by atoms with Crippen LogP contribution in [0.4, 0.5) is 17.1 Å². The van der Waals surface area contributed by atoms with Crippen molar-refractivity contribution in [2.24, 2.45) is 0 Å². The molecule has 1 heterocycles. The van der Waals surface area contributed by atoms with Gasteiger partial charge in [0.2, 0.25) is 0 Å². The zero-order valence-corrected chi connectivity index (χ0v) is 15.0. The third-order valence-electron chi connectivity index (χ3n) is 4.23. The lowest BCUT2D eigenvalue weighted by atomic mass is 10.1. The van der Waals surface area contributed by atoms with Crippen LogP contribution in [-0.4, -0.2) is 37.1 Å². The Kier molecular flexibility index (Phi) is 5.39. The second kappa shape index (κ2) is 7.72. The van der Waals surface area contributed by atoms with Crippen molar-refractivity contribution >= 4 is 34.6 Å². The van der Waals surface area contributed by atoms with Crippen LogP contribution in [0.3, 0.4) is 0 Å². The van der Waals surface area contributed by atoms with E-state index in [1.54, 1.807) is 30.3 Å². The van der Waals surface area contributed by atoms with Crippen LogP contribution in [0.25, 0.3) is 0 Å². The highest BCUT2D eigenvalue weighted by atomic mass is 35.5. The fourth-order valence-corrected chi connectivity index (χ4v) is 2.98. The van der Waals surface area contributed by atoms with E-state index in [4.69, 9.17) is 16.3 Å². The summed E-state index contributed by atoms with van der Waals surface area (Å²) >= 11 is 5.96. The minimum absolute atomic E-state index is 0.0950. The van der Waals surface area contributed by atoms with Crippen LogP contribution in [0.5, 0.6) is 0 Å². The number of amides is 1. The third kappa shape index (κ3) is 3.95. The molecule has 0 atom stereocenters. The summed E-state index contributed by atoms with van der Waals surface area (Å²) in [5.74, 6) is -0.424. The molecule has 1 aliphatic heterocycles. The van der Waals surface area contributed by atoms with Crippen molar-refractivity contribution in [2.75, 3.05) is 36.5 Å². The van der Waals surface area contributed by atoms with E-state index >= 15 is 0 Å². The maximum Gasteiger partial charge on any atom is 0.293 e. The summed E-state index contributed by atoms with van der Waals surface area (Å²) in [6.07, 6.45) is 0. The van der Waals surface area contributed by atoms with Crippen LogP contribution in [0, 0.1) is 17.0 Å². The minimum Gasteiger partial charge on any atom is -0.378 e. The van der Waals surface area contributed by atoms with Crippen LogP contribution >= 0.6 is 11.6 Å². The van der Waals surface area contributed by atoms with Crippen LogP contribution in [-0.2, 0) is 4.74 Å². The van der Waals surface area contributed by atoms with Gasteiger partial charge >= 0.3 is 0 Å². The van der Waals surface area contributed by atoms with Crippen LogP contribution in [0.1, 0.15) is 15.9 Å². The minimum atomic E-state index is -0.466. The molecule has 7 nitrogen and oxygen atoms in total. The highest BCUT2D eigenvalue weighted by Gasteiger charge is 2.23. The number of morpholine rings is 1. The molecule has 3 rings (SSSR count). The Hall–Kier alpha value is -2.64. The molecular weight excluding hydrogens is 358 g/mol. The molecule has 1 fully saturated rings. The molecule has 0 spiro atoms. The zero-order chi connectivity index (χ0) is 18.7. The molecule has 2 aromatic carbocycles. The first-order valence-corrected chi connectivity index (χ1v) is 8.52. The summed E-state index contributed by atoms with van der Waals surface area (Å²) in [6.45, 7) is 4.04. The Morgan fingerprint density at radius 1 is 1.23 bits per heavy atom. The molecule has 0 saturated carbocycles. The first kappa shape index (κ1) is 18.2. The highest BCUT2D eigenvalue weighted by Crippen LogP contribution is 2.30. The molecule has 0 radical (unpaired) electrons. The quantitative estimate of drug-likeness (QED) is 0.651. The summed E-state index contributed by atoms with van der Waals surface area (Å²) in [5.41, 5.74) is 2.04. The van der Waals surface area contributed by atoms with Gasteiger partial charge in [-0.15, -0.1) is 0 Å². The van der Waals surface area contributed by atoms with E-state index in [-0.39, 0.29) is 11.3 Å². The number of anilines is 2. The predicted molar refractivity (Wildman–Crippen MR) is 100 cm³/mol. The molecule has 2 aromatic rings. The average molecular weight is 376 g/mol. The van der Waals surface area contributed by atoms with Gasteiger partial charge < -0.3 is 15.0 Å². The standard InChI is InChI=1S/C18H18ClN3O4/c1-12-2-4-14(19)11-15(12)20-18(23)13-3-5-16(17(10-13)22(24)25)21-6-8-26-9-7-21/h2-5,10-11H,6-9H2,1H3,(H,20,23). The van der Waals surface area contributed by atoms with Gasteiger partial charge in [0.1, 0.15) is 5.69 Å². The molecule has 1 saturated heterocycles. The van der Waals surface area contributed by atoms with Gasteiger partial charge in [-0.1, -0.05) is 17.7 Å². The Morgan fingerprint density at radius 2 is 1.96 bits per heavy atom. The van der Waals surface area contributed by atoms with Gasteiger partial charge in [-0.25, -0.2) is 0 Å². The number of nitrogens with one attached hydrogen (secondary N) is 1. The van der Waals surface area contributed by atoms with Crippen LogP contribution in [0.2, 0.25) is 5.02 Å². The first-order valence-electron chi connectivity index (χ1n) is 8.14. The molecule has 0 unspecified atom stereocenters. The smallest absolute Gasteiger partial charge is 0.293 e. The predicted octanol–water partition coefficient (Wildman–Crippen LogP) is 3.65.